The molecule has 4 aromatic rings. The van der Waals surface area contributed by atoms with Gasteiger partial charge in [-0.1, -0.05) is 58.7 Å². The number of aromatic nitrogens is 2. The molecule has 0 saturated heterocycles. The molecule has 6 nitrogen and oxygen atoms in total. The Morgan fingerprint density at radius 3 is 2.40 bits per heavy atom. The molecule has 0 saturated carbocycles. The van der Waals surface area contributed by atoms with Crippen molar-refractivity contribution in [1.82, 2.24) is 15.5 Å². The van der Waals surface area contributed by atoms with Crippen LogP contribution in [0.5, 0.6) is 0 Å². The summed E-state index contributed by atoms with van der Waals surface area (Å²) in [5, 5.41) is 7.12. The van der Waals surface area contributed by atoms with Crippen LogP contribution in [0.15, 0.2) is 77.0 Å². The number of nitrogens with zero attached hydrogens (tertiary/aromatic N) is 3. The maximum atomic E-state index is 14.0. The Bertz CT molecular complexity index is 1460. The first-order valence-electron chi connectivity index (χ1n) is 11.1. The standard InChI is InChI=1S/C27H22F2N4O2/c1-15-7-9-18(10-8-15)24-23(26-31-25(32-35-26)19-6-4-5-16(2)13-19)17(3)33(27(34)30-24)20-11-12-21(28)22(29)14-20/h4-14,24H,1-3H3,(H,30,34). The predicted molar refractivity (Wildman–Crippen MR) is 128 cm³/mol. The van der Waals surface area contributed by atoms with E-state index in [1.165, 1.54) is 11.0 Å². The van der Waals surface area contributed by atoms with E-state index in [1.807, 2.05) is 62.4 Å². The van der Waals surface area contributed by atoms with E-state index < -0.39 is 23.7 Å². The number of carbonyl (C=O) groups excluding carboxylic acids is 1. The lowest BCUT2D eigenvalue weighted by Crippen LogP contribution is -2.46. The number of halogens is 2. The normalized spacial score (nSPS) is 16.0. The monoisotopic (exact) mass is 472 g/mol. The number of hydrogen-bond acceptors (Lipinski definition) is 4. The molecule has 0 bridgehead atoms. The van der Waals surface area contributed by atoms with Crippen LogP contribution in [0.2, 0.25) is 0 Å². The molecule has 5 rings (SSSR count). The van der Waals surface area contributed by atoms with Crippen molar-refractivity contribution in [2.45, 2.75) is 26.8 Å². The van der Waals surface area contributed by atoms with Gasteiger partial charge in [0.05, 0.1) is 17.3 Å². The zero-order valence-electron chi connectivity index (χ0n) is 19.3. The maximum absolute atomic E-state index is 14.0. The van der Waals surface area contributed by atoms with Gasteiger partial charge < -0.3 is 9.84 Å². The number of rotatable bonds is 4. The number of urea groups is 1. The molecule has 2 heterocycles. The summed E-state index contributed by atoms with van der Waals surface area (Å²) >= 11 is 0. The van der Waals surface area contributed by atoms with Gasteiger partial charge in [0.2, 0.25) is 5.82 Å². The summed E-state index contributed by atoms with van der Waals surface area (Å²) in [7, 11) is 0. The highest BCUT2D eigenvalue weighted by Gasteiger charge is 2.36. The minimum atomic E-state index is -1.05. The quantitative estimate of drug-likeness (QED) is 0.377. The first-order chi connectivity index (χ1) is 16.8. The van der Waals surface area contributed by atoms with Crippen molar-refractivity contribution in [2.24, 2.45) is 0 Å². The first-order valence-corrected chi connectivity index (χ1v) is 11.1. The number of carbonyl (C=O) groups is 1. The molecule has 0 spiro atoms. The van der Waals surface area contributed by atoms with Gasteiger partial charge in [0.25, 0.3) is 5.89 Å². The van der Waals surface area contributed by atoms with Crippen molar-refractivity contribution in [3.8, 4) is 11.4 Å². The summed E-state index contributed by atoms with van der Waals surface area (Å²) in [5.41, 5.74) is 4.94. The maximum Gasteiger partial charge on any atom is 0.327 e. The Morgan fingerprint density at radius 2 is 1.69 bits per heavy atom. The van der Waals surface area contributed by atoms with Gasteiger partial charge in [0, 0.05) is 17.3 Å². The van der Waals surface area contributed by atoms with Crippen LogP contribution >= 0.6 is 0 Å². The summed E-state index contributed by atoms with van der Waals surface area (Å²) < 4.78 is 33.3. The van der Waals surface area contributed by atoms with E-state index in [0.717, 1.165) is 34.4 Å². The van der Waals surface area contributed by atoms with Gasteiger partial charge >= 0.3 is 6.03 Å². The van der Waals surface area contributed by atoms with Gasteiger partial charge in [-0.2, -0.15) is 4.98 Å². The Kier molecular flexibility index (Phi) is 5.64. The van der Waals surface area contributed by atoms with E-state index in [9.17, 15) is 13.6 Å². The molecule has 1 aliphatic rings. The van der Waals surface area contributed by atoms with Crippen molar-refractivity contribution >= 4 is 17.3 Å². The summed E-state index contributed by atoms with van der Waals surface area (Å²) in [5.74, 6) is -1.42. The third kappa shape index (κ3) is 4.19. The van der Waals surface area contributed by atoms with Crippen LogP contribution in [0.4, 0.5) is 19.3 Å². The molecular formula is C27H22F2N4O2. The largest absolute Gasteiger partial charge is 0.334 e. The fourth-order valence-electron chi connectivity index (χ4n) is 4.20. The van der Waals surface area contributed by atoms with Gasteiger partial charge in [-0.25, -0.2) is 13.6 Å². The van der Waals surface area contributed by atoms with Crippen molar-refractivity contribution in [1.29, 1.82) is 0 Å². The van der Waals surface area contributed by atoms with Crippen LogP contribution in [-0.2, 0) is 0 Å². The van der Waals surface area contributed by atoms with E-state index >= 15 is 0 Å². The third-order valence-corrected chi connectivity index (χ3v) is 5.99. The summed E-state index contributed by atoms with van der Waals surface area (Å²) in [4.78, 5) is 19.1. The van der Waals surface area contributed by atoms with E-state index in [2.05, 4.69) is 15.5 Å². The van der Waals surface area contributed by atoms with Crippen LogP contribution in [0, 0.1) is 25.5 Å². The highest BCUT2D eigenvalue weighted by Crippen LogP contribution is 2.39. The number of aryl methyl sites for hydroxylation is 2. The van der Waals surface area contributed by atoms with Crippen molar-refractivity contribution in [3.05, 3.63) is 107 Å². The molecule has 176 valence electrons. The average Bonchev–Trinajstić information content (AvgIpc) is 3.31. The van der Waals surface area contributed by atoms with Gasteiger partial charge in [-0.3, -0.25) is 4.90 Å². The minimum absolute atomic E-state index is 0.178. The van der Waals surface area contributed by atoms with Crippen LogP contribution in [0.3, 0.4) is 0 Å². The molecule has 2 amide bonds. The SMILES string of the molecule is CC1=C(c2nc(-c3cccc(C)c3)no2)C(c2ccc(C)cc2)NC(=O)N1c1ccc(F)c(F)c1. The highest BCUT2D eigenvalue weighted by molar-refractivity contribution is 6.01. The van der Waals surface area contributed by atoms with Gasteiger partial charge in [0.15, 0.2) is 11.6 Å². The molecular weight excluding hydrogens is 450 g/mol. The molecule has 1 aliphatic heterocycles. The second kappa shape index (κ2) is 8.79. The number of benzene rings is 3. The fourth-order valence-corrected chi connectivity index (χ4v) is 4.20. The second-order valence-corrected chi connectivity index (χ2v) is 8.52. The Balaban J connectivity index is 1.66. The van der Waals surface area contributed by atoms with Crippen LogP contribution in [0.25, 0.3) is 17.0 Å². The van der Waals surface area contributed by atoms with Crippen molar-refractivity contribution in [3.63, 3.8) is 0 Å². The van der Waals surface area contributed by atoms with Gasteiger partial charge in [-0.05, 0) is 44.5 Å². The van der Waals surface area contributed by atoms with Gasteiger partial charge in [-0.15, -0.1) is 0 Å². The molecule has 1 aromatic heterocycles. The minimum Gasteiger partial charge on any atom is -0.334 e. The number of allylic oxidation sites excluding steroid dienone is 1. The average molecular weight is 472 g/mol. The van der Waals surface area contributed by atoms with Crippen LogP contribution < -0.4 is 10.2 Å². The summed E-state index contributed by atoms with van der Waals surface area (Å²) in [6, 6.07) is 17.7. The highest BCUT2D eigenvalue weighted by atomic mass is 19.2. The number of amides is 2. The van der Waals surface area contributed by atoms with Crippen LogP contribution in [0.1, 0.15) is 35.5 Å². The van der Waals surface area contributed by atoms with E-state index in [1.54, 1.807) is 6.92 Å². The third-order valence-electron chi connectivity index (χ3n) is 5.99. The number of hydrogen-bond donors (Lipinski definition) is 1. The Hall–Kier alpha value is -4.33. The van der Waals surface area contributed by atoms with Crippen molar-refractivity contribution < 1.29 is 18.1 Å². The summed E-state index contributed by atoms with van der Waals surface area (Å²) in [6.45, 7) is 5.66. The lowest BCUT2D eigenvalue weighted by molar-refractivity contribution is 0.244. The van der Waals surface area contributed by atoms with E-state index in [-0.39, 0.29) is 11.6 Å². The zero-order valence-corrected chi connectivity index (χ0v) is 19.3. The lowest BCUT2D eigenvalue weighted by atomic mass is 9.94. The molecule has 8 heteroatoms. The second-order valence-electron chi connectivity index (χ2n) is 8.52. The summed E-state index contributed by atoms with van der Waals surface area (Å²) in [6.07, 6.45) is 0. The molecule has 1 N–H and O–H groups in total. The topological polar surface area (TPSA) is 71.3 Å². The molecule has 1 atom stereocenters. The molecule has 0 aliphatic carbocycles. The zero-order chi connectivity index (χ0) is 24.7. The molecule has 1 unspecified atom stereocenters. The first kappa shape index (κ1) is 22.5. The number of nitrogens with one attached hydrogen (secondary N) is 1. The Morgan fingerprint density at radius 1 is 0.914 bits per heavy atom. The smallest absolute Gasteiger partial charge is 0.327 e. The van der Waals surface area contributed by atoms with E-state index in [4.69, 9.17) is 4.52 Å². The van der Waals surface area contributed by atoms with Gasteiger partial charge in [0.1, 0.15) is 0 Å². The molecule has 0 radical (unpaired) electrons. The lowest BCUT2D eigenvalue weighted by Gasteiger charge is -2.35. The number of anilines is 1. The molecule has 3 aromatic carbocycles. The molecule has 0 fully saturated rings. The fraction of sp³-hybridized carbons (Fsp3) is 0.148. The predicted octanol–water partition coefficient (Wildman–Crippen LogP) is 6.33. The molecule has 35 heavy (non-hydrogen) atoms. The Labute approximate surface area is 200 Å². The van der Waals surface area contributed by atoms with E-state index in [0.29, 0.717) is 17.1 Å². The van der Waals surface area contributed by atoms with Crippen LogP contribution in [-0.4, -0.2) is 16.2 Å². The van der Waals surface area contributed by atoms with Crippen molar-refractivity contribution in [2.75, 3.05) is 4.90 Å².